The van der Waals surface area contributed by atoms with E-state index in [-0.39, 0.29) is 6.10 Å². The van der Waals surface area contributed by atoms with Gasteiger partial charge in [0.05, 0.1) is 6.10 Å². The lowest BCUT2D eigenvalue weighted by atomic mass is 10.2. The van der Waals surface area contributed by atoms with E-state index in [1.54, 1.807) is 7.11 Å². The van der Waals surface area contributed by atoms with Crippen molar-refractivity contribution >= 4 is 0 Å². The molecule has 0 aliphatic carbocycles. The highest BCUT2D eigenvalue weighted by Gasteiger charge is 2.23. The average molecular weight is 173 g/mol. The maximum atomic E-state index is 9.30. The first-order valence-corrected chi connectivity index (χ1v) is 4.65. The van der Waals surface area contributed by atoms with Gasteiger partial charge in [-0.25, -0.2) is 0 Å². The van der Waals surface area contributed by atoms with E-state index in [9.17, 15) is 5.11 Å². The third kappa shape index (κ3) is 2.73. The predicted molar refractivity (Wildman–Crippen MR) is 48.2 cm³/mol. The Morgan fingerprint density at radius 1 is 1.67 bits per heavy atom. The number of methoxy groups -OCH3 is 1. The molecule has 0 bridgehead atoms. The van der Waals surface area contributed by atoms with Gasteiger partial charge in [0, 0.05) is 32.8 Å². The summed E-state index contributed by atoms with van der Waals surface area (Å²) in [6.45, 7) is 4.88. The highest BCUT2D eigenvalue weighted by atomic mass is 16.5. The number of aliphatic hydroxyl groups excluding tert-OH is 1. The number of likely N-dealkylation sites (tertiary alicyclic amines) is 1. The molecule has 72 valence electrons. The minimum absolute atomic E-state index is 0.102. The lowest BCUT2D eigenvalue weighted by Gasteiger charge is -2.23. The Morgan fingerprint density at radius 3 is 2.92 bits per heavy atom. The van der Waals surface area contributed by atoms with Crippen molar-refractivity contribution in [2.24, 2.45) is 0 Å². The van der Waals surface area contributed by atoms with Crippen LogP contribution in [0.4, 0.5) is 0 Å². The van der Waals surface area contributed by atoms with Gasteiger partial charge in [0.1, 0.15) is 0 Å². The van der Waals surface area contributed by atoms with Crippen LogP contribution >= 0.6 is 0 Å². The standard InChI is InChI=1S/C9H19NO2/c1-8(4-6-12-2)10-5-3-9(11)7-10/h8-9,11H,3-7H2,1-2H3/t8?,9-/m1/s1. The summed E-state index contributed by atoms with van der Waals surface area (Å²) in [6, 6.07) is 0.544. The first-order valence-electron chi connectivity index (χ1n) is 4.65. The largest absolute Gasteiger partial charge is 0.392 e. The maximum absolute atomic E-state index is 9.30. The van der Waals surface area contributed by atoms with E-state index in [0.29, 0.717) is 6.04 Å². The molecule has 1 aliphatic rings. The summed E-state index contributed by atoms with van der Waals surface area (Å²) in [5.41, 5.74) is 0. The molecule has 0 amide bonds. The number of hydrogen-bond acceptors (Lipinski definition) is 3. The van der Waals surface area contributed by atoms with Crippen molar-refractivity contribution in [3.05, 3.63) is 0 Å². The van der Waals surface area contributed by atoms with Gasteiger partial charge < -0.3 is 9.84 Å². The van der Waals surface area contributed by atoms with Crippen LogP contribution in [0, 0.1) is 0 Å². The van der Waals surface area contributed by atoms with Crippen LogP contribution in [0.5, 0.6) is 0 Å². The second kappa shape index (κ2) is 4.80. The summed E-state index contributed by atoms with van der Waals surface area (Å²) in [6.07, 6.45) is 1.88. The molecular weight excluding hydrogens is 154 g/mol. The molecule has 0 saturated carbocycles. The summed E-state index contributed by atoms with van der Waals surface area (Å²) in [4.78, 5) is 2.32. The predicted octanol–water partition coefficient (Wildman–Crippen LogP) is 0.478. The minimum Gasteiger partial charge on any atom is -0.392 e. The van der Waals surface area contributed by atoms with E-state index in [0.717, 1.165) is 32.5 Å². The van der Waals surface area contributed by atoms with Gasteiger partial charge >= 0.3 is 0 Å². The van der Waals surface area contributed by atoms with Gasteiger partial charge in [-0.15, -0.1) is 0 Å². The molecule has 1 unspecified atom stereocenters. The molecule has 0 radical (unpaired) electrons. The average Bonchev–Trinajstić information content (AvgIpc) is 2.47. The fraction of sp³-hybridized carbons (Fsp3) is 1.00. The van der Waals surface area contributed by atoms with Crippen molar-refractivity contribution in [1.29, 1.82) is 0 Å². The van der Waals surface area contributed by atoms with Crippen LogP contribution in [0.3, 0.4) is 0 Å². The topological polar surface area (TPSA) is 32.7 Å². The van der Waals surface area contributed by atoms with Crippen molar-refractivity contribution in [3.63, 3.8) is 0 Å². The lowest BCUT2D eigenvalue weighted by molar-refractivity contribution is 0.133. The fourth-order valence-corrected chi connectivity index (χ4v) is 1.64. The van der Waals surface area contributed by atoms with Crippen LogP contribution in [0.25, 0.3) is 0 Å². The molecule has 0 aromatic carbocycles. The third-order valence-corrected chi connectivity index (χ3v) is 2.56. The van der Waals surface area contributed by atoms with Crippen molar-refractivity contribution < 1.29 is 9.84 Å². The Balaban J connectivity index is 2.18. The molecule has 0 aromatic heterocycles. The van der Waals surface area contributed by atoms with Crippen LogP contribution in [-0.2, 0) is 4.74 Å². The van der Waals surface area contributed by atoms with Crippen molar-refractivity contribution in [3.8, 4) is 0 Å². The first kappa shape index (κ1) is 9.96. The molecule has 1 aliphatic heterocycles. The summed E-state index contributed by atoms with van der Waals surface area (Å²) in [5, 5.41) is 9.30. The maximum Gasteiger partial charge on any atom is 0.0679 e. The molecule has 1 rings (SSSR count). The SMILES string of the molecule is COCCC(C)N1CC[C@@H](O)C1. The summed E-state index contributed by atoms with van der Waals surface area (Å²) in [5.74, 6) is 0. The van der Waals surface area contributed by atoms with Gasteiger partial charge in [-0.05, 0) is 19.8 Å². The lowest BCUT2D eigenvalue weighted by Crippen LogP contribution is -2.32. The smallest absolute Gasteiger partial charge is 0.0679 e. The summed E-state index contributed by atoms with van der Waals surface area (Å²) in [7, 11) is 1.73. The van der Waals surface area contributed by atoms with Gasteiger partial charge in [-0.1, -0.05) is 0 Å². The van der Waals surface area contributed by atoms with Crippen LogP contribution in [0.1, 0.15) is 19.8 Å². The Hall–Kier alpha value is -0.120. The molecule has 1 fully saturated rings. The van der Waals surface area contributed by atoms with Gasteiger partial charge in [0.25, 0.3) is 0 Å². The highest BCUT2D eigenvalue weighted by Crippen LogP contribution is 2.14. The van der Waals surface area contributed by atoms with Crippen LogP contribution in [-0.4, -0.2) is 49.0 Å². The molecule has 1 saturated heterocycles. The zero-order chi connectivity index (χ0) is 8.97. The van der Waals surface area contributed by atoms with Gasteiger partial charge in [-0.2, -0.15) is 0 Å². The zero-order valence-electron chi connectivity index (χ0n) is 7.99. The monoisotopic (exact) mass is 173 g/mol. The van der Waals surface area contributed by atoms with Gasteiger partial charge in [0.15, 0.2) is 0 Å². The molecular formula is C9H19NO2. The summed E-state index contributed by atoms with van der Waals surface area (Å²) < 4.78 is 5.01. The Labute approximate surface area is 74.3 Å². The minimum atomic E-state index is -0.102. The molecule has 3 nitrogen and oxygen atoms in total. The first-order chi connectivity index (χ1) is 5.74. The molecule has 0 spiro atoms. The number of hydrogen-bond donors (Lipinski definition) is 1. The second-order valence-corrected chi connectivity index (χ2v) is 3.57. The number of rotatable bonds is 4. The Bertz CT molecular complexity index is 130. The molecule has 0 aromatic rings. The number of aliphatic hydroxyl groups is 1. The second-order valence-electron chi connectivity index (χ2n) is 3.57. The van der Waals surface area contributed by atoms with Crippen LogP contribution in [0.2, 0.25) is 0 Å². The molecule has 2 atom stereocenters. The normalized spacial score (nSPS) is 27.8. The molecule has 1 heterocycles. The number of nitrogens with zero attached hydrogens (tertiary/aromatic N) is 1. The Kier molecular flexibility index (Phi) is 3.98. The van der Waals surface area contributed by atoms with E-state index < -0.39 is 0 Å². The van der Waals surface area contributed by atoms with Crippen molar-refractivity contribution in [2.75, 3.05) is 26.8 Å². The van der Waals surface area contributed by atoms with Crippen LogP contribution < -0.4 is 0 Å². The fourth-order valence-electron chi connectivity index (χ4n) is 1.64. The molecule has 3 heteroatoms. The Morgan fingerprint density at radius 2 is 2.42 bits per heavy atom. The van der Waals surface area contributed by atoms with Gasteiger partial charge in [0.2, 0.25) is 0 Å². The third-order valence-electron chi connectivity index (χ3n) is 2.56. The van der Waals surface area contributed by atoms with Crippen LogP contribution in [0.15, 0.2) is 0 Å². The quantitative estimate of drug-likeness (QED) is 0.671. The van der Waals surface area contributed by atoms with E-state index in [1.165, 1.54) is 0 Å². The zero-order valence-corrected chi connectivity index (χ0v) is 7.99. The van der Waals surface area contributed by atoms with E-state index in [2.05, 4.69) is 11.8 Å². The van der Waals surface area contributed by atoms with E-state index in [1.807, 2.05) is 0 Å². The highest BCUT2D eigenvalue weighted by molar-refractivity contribution is 4.78. The molecule has 1 N–H and O–H groups in total. The van der Waals surface area contributed by atoms with Crippen molar-refractivity contribution in [2.45, 2.75) is 31.9 Å². The summed E-state index contributed by atoms with van der Waals surface area (Å²) >= 11 is 0. The number of β-amino-alcohol motifs (C(OH)–C–C–N with tert-alkyl or cyclic N) is 1. The number of ether oxygens (including phenoxy) is 1. The van der Waals surface area contributed by atoms with E-state index in [4.69, 9.17) is 4.74 Å². The van der Waals surface area contributed by atoms with E-state index >= 15 is 0 Å². The van der Waals surface area contributed by atoms with Gasteiger partial charge in [-0.3, -0.25) is 4.90 Å². The molecule has 12 heavy (non-hydrogen) atoms. The van der Waals surface area contributed by atoms with Crippen molar-refractivity contribution in [1.82, 2.24) is 4.90 Å².